The van der Waals surface area contributed by atoms with Gasteiger partial charge in [0.1, 0.15) is 0 Å². The number of thiazole rings is 1. The van der Waals surface area contributed by atoms with Crippen LogP contribution in [0.4, 0.5) is 0 Å². The number of hydrogen-bond acceptors (Lipinski definition) is 3. The molecule has 1 heterocycles. The summed E-state index contributed by atoms with van der Waals surface area (Å²) in [6.07, 6.45) is 0. The third-order valence-electron chi connectivity index (χ3n) is 3.90. The summed E-state index contributed by atoms with van der Waals surface area (Å²) in [6.45, 7) is 4.19. The second kappa shape index (κ2) is 7.36. The molecule has 0 atom stereocenters. The van der Waals surface area contributed by atoms with Crippen molar-refractivity contribution in [1.82, 2.24) is 4.57 Å². The van der Waals surface area contributed by atoms with Crippen molar-refractivity contribution in [1.29, 1.82) is 0 Å². The summed E-state index contributed by atoms with van der Waals surface area (Å²) in [6, 6.07) is 14.4. The van der Waals surface area contributed by atoms with Crippen molar-refractivity contribution in [3.8, 4) is 0 Å². The third kappa shape index (κ3) is 3.62. The Morgan fingerprint density at radius 1 is 1.12 bits per heavy atom. The van der Waals surface area contributed by atoms with Crippen LogP contribution in [-0.2, 0) is 17.6 Å². The minimum atomic E-state index is -0.0756. The van der Waals surface area contributed by atoms with E-state index in [1.807, 2.05) is 29.8 Å². The molecule has 24 heavy (non-hydrogen) atoms. The summed E-state index contributed by atoms with van der Waals surface area (Å²) in [4.78, 5) is 17.3. The van der Waals surface area contributed by atoms with Crippen LogP contribution in [0.1, 0.15) is 16.7 Å². The van der Waals surface area contributed by atoms with Crippen LogP contribution in [0, 0.1) is 13.8 Å². The largest absolute Gasteiger partial charge is 0.319 e. The van der Waals surface area contributed by atoms with Crippen LogP contribution in [0.3, 0.4) is 0 Å². The van der Waals surface area contributed by atoms with E-state index < -0.39 is 0 Å². The van der Waals surface area contributed by atoms with Crippen LogP contribution >= 0.6 is 23.1 Å². The molecule has 0 spiro atoms. The molecule has 3 rings (SSSR count). The molecular formula is C19H20N2OS2. The van der Waals surface area contributed by atoms with Crippen LogP contribution < -0.4 is 4.80 Å². The highest BCUT2D eigenvalue weighted by Gasteiger charge is 2.09. The normalized spacial score (nSPS) is 12.0. The Morgan fingerprint density at radius 2 is 1.83 bits per heavy atom. The van der Waals surface area contributed by atoms with Crippen LogP contribution in [0.2, 0.25) is 0 Å². The minimum Gasteiger partial charge on any atom is -0.319 e. The summed E-state index contributed by atoms with van der Waals surface area (Å²) in [7, 11) is 1.98. The molecule has 3 aromatic rings. The van der Waals surface area contributed by atoms with Gasteiger partial charge >= 0.3 is 0 Å². The molecule has 0 unspecified atom stereocenters. The SMILES string of the molecule is Cc1ccc(C)c2c1sc(=NC(=O)CSCc1ccccc1)n2C. The Kier molecular flexibility index (Phi) is 5.21. The Bertz CT molecular complexity index is 939. The lowest BCUT2D eigenvalue weighted by molar-refractivity contribution is -0.115. The quantitative estimate of drug-likeness (QED) is 0.701. The van der Waals surface area contributed by atoms with Crippen molar-refractivity contribution in [2.24, 2.45) is 12.0 Å². The van der Waals surface area contributed by atoms with Gasteiger partial charge in [0.25, 0.3) is 5.91 Å². The fraction of sp³-hybridized carbons (Fsp3) is 0.263. The highest BCUT2D eigenvalue weighted by Crippen LogP contribution is 2.24. The van der Waals surface area contributed by atoms with Gasteiger partial charge in [-0.1, -0.05) is 53.8 Å². The van der Waals surface area contributed by atoms with Gasteiger partial charge in [0, 0.05) is 12.8 Å². The molecule has 0 aliphatic rings. The monoisotopic (exact) mass is 356 g/mol. The van der Waals surface area contributed by atoms with Gasteiger partial charge in [-0.3, -0.25) is 4.79 Å². The Balaban J connectivity index is 1.77. The first-order valence-electron chi connectivity index (χ1n) is 7.81. The van der Waals surface area contributed by atoms with Crippen molar-refractivity contribution in [3.63, 3.8) is 0 Å². The van der Waals surface area contributed by atoms with Crippen molar-refractivity contribution < 1.29 is 4.79 Å². The number of carbonyl (C=O) groups is 1. The lowest BCUT2D eigenvalue weighted by Crippen LogP contribution is -2.14. The number of aromatic nitrogens is 1. The summed E-state index contributed by atoms with van der Waals surface area (Å²) >= 11 is 3.19. The summed E-state index contributed by atoms with van der Waals surface area (Å²) < 4.78 is 3.24. The van der Waals surface area contributed by atoms with E-state index in [0.717, 1.165) is 10.6 Å². The highest BCUT2D eigenvalue weighted by atomic mass is 32.2. The molecule has 0 saturated carbocycles. The van der Waals surface area contributed by atoms with Crippen molar-refractivity contribution in [2.75, 3.05) is 5.75 Å². The van der Waals surface area contributed by atoms with Gasteiger partial charge in [0.2, 0.25) is 0 Å². The van der Waals surface area contributed by atoms with E-state index in [2.05, 4.69) is 43.1 Å². The van der Waals surface area contributed by atoms with Gasteiger partial charge in [-0.15, -0.1) is 11.8 Å². The van der Waals surface area contributed by atoms with Crippen LogP contribution in [-0.4, -0.2) is 16.2 Å². The second-order valence-electron chi connectivity index (χ2n) is 5.80. The van der Waals surface area contributed by atoms with Gasteiger partial charge < -0.3 is 4.57 Å². The molecular weight excluding hydrogens is 336 g/mol. The predicted octanol–water partition coefficient (Wildman–Crippen LogP) is 4.22. The molecule has 0 N–H and O–H groups in total. The molecule has 1 amide bonds. The van der Waals surface area contributed by atoms with Crippen molar-refractivity contribution in [2.45, 2.75) is 19.6 Å². The molecule has 1 aromatic heterocycles. The summed E-state index contributed by atoms with van der Waals surface area (Å²) in [5.41, 5.74) is 4.84. The number of carbonyl (C=O) groups excluding carboxylic acids is 1. The maximum absolute atomic E-state index is 12.2. The van der Waals surface area contributed by atoms with E-state index in [9.17, 15) is 4.79 Å². The van der Waals surface area contributed by atoms with Gasteiger partial charge in [0.05, 0.1) is 16.0 Å². The van der Waals surface area contributed by atoms with E-state index in [-0.39, 0.29) is 5.91 Å². The number of aryl methyl sites for hydroxylation is 3. The van der Waals surface area contributed by atoms with Crippen LogP contribution in [0.25, 0.3) is 10.2 Å². The predicted molar refractivity (Wildman–Crippen MR) is 103 cm³/mol. The fourth-order valence-corrected chi connectivity index (χ4v) is 4.59. The Labute approximate surface area is 150 Å². The van der Waals surface area contributed by atoms with Gasteiger partial charge in [-0.2, -0.15) is 4.99 Å². The van der Waals surface area contributed by atoms with Gasteiger partial charge in [-0.05, 0) is 30.5 Å². The highest BCUT2D eigenvalue weighted by molar-refractivity contribution is 7.99. The van der Waals surface area contributed by atoms with Crippen LogP contribution in [0.15, 0.2) is 47.5 Å². The zero-order valence-corrected chi connectivity index (χ0v) is 15.7. The molecule has 5 heteroatoms. The van der Waals surface area contributed by atoms with E-state index in [4.69, 9.17) is 0 Å². The maximum Gasteiger partial charge on any atom is 0.258 e. The molecule has 3 nitrogen and oxygen atoms in total. The van der Waals surface area contributed by atoms with Gasteiger partial charge in [0.15, 0.2) is 4.80 Å². The maximum atomic E-state index is 12.2. The van der Waals surface area contributed by atoms with Gasteiger partial charge in [-0.25, -0.2) is 0 Å². The number of nitrogens with zero attached hydrogens (tertiary/aromatic N) is 2. The number of rotatable bonds is 4. The van der Waals surface area contributed by atoms with E-state index in [0.29, 0.717) is 5.75 Å². The molecule has 0 bridgehead atoms. The van der Waals surface area contributed by atoms with E-state index in [1.165, 1.54) is 26.9 Å². The fourth-order valence-electron chi connectivity index (χ4n) is 2.64. The third-order valence-corrected chi connectivity index (χ3v) is 6.16. The van der Waals surface area contributed by atoms with Crippen molar-refractivity contribution >= 4 is 39.2 Å². The zero-order valence-electron chi connectivity index (χ0n) is 14.1. The van der Waals surface area contributed by atoms with E-state index >= 15 is 0 Å². The molecule has 0 aliphatic carbocycles. The Morgan fingerprint density at radius 3 is 2.54 bits per heavy atom. The Hall–Kier alpha value is -1.85. The lowest BCUT2D eigenvalue weighted by atomic mass is 10.1. The topological polar surface area (TPSA) is 34.4 Å². The first-order chi connectivity index (χ1) is 11.6. The minimum absolute atomic E-state index is 0.0756. The molecule has 0 saturated heterocycles. The van der Waals surface area contributed by atoms with Crippen molar-refractivity contribution in [3.05, 3.63) is 64.0 Å². The summed E-state index contributed by atoms with van der Waals surface area (Å²) in [5, 5.41) is 0. The molecule has 0 radical (unpaired) electrons. The number of benzene rings is 2. The zero-order chi connectivity index (χ0) is 17.1. The number of thioether (sulfide) groups is 1. The van der Waals surface area contributed by atoms with Crippen LogP contribution in [0.5, 0.6) is 0 Å². The molecule has 0 aliphatic heterocycles. The number of hydrogen-bond donors (Lipinski definition) is 0. The average Bonchev–Trinajstić information content (AvgIpc) is 2.90. The number of fused-ring (bicyclic) bond motifs is 1. The first-order valence-corrected chi connectivity index (χ1v) is 9.78. The number of amides is 1. The molecule has 2 aromatic carbocycles. The van der Waals surface area contributed by atoms with E-state index in [1.54, 1.807) is 23.1 Å². The molecule has 124 valence electrons. The summed E-state index contributed by atoms with van der Waals surface area (Å²) in [5.74, 6) is 1.16. The standard InChI is InChI=1S/C19H20N2OS2/c1-13-9-10-14(2)18-17(13)21(3)19(24-18)20-16(22)12-23-11-15-7-5-4-6-8-15/h4-10H,11-12H2,1-3H3. The second-order valence-corrected chi connectivity index (χ2v) is 7.77. The lowest BCUT2D eigenvalue weighted by Gasteiger charge is -2.01. The smallest absolute Gasteiger partial charge is 0.258 e. The average molecular weight is 357 g/mol. The molecule has 0 fully saturated rings. The first kappa shape index (κ1) is 17.0.